The molecule has 0 amide bonds. The topological polar surface area (TPSA) is 50.9 Å². The van der Waals surface area contributed by atoms with Crippen molar-refractivity contribution in [3.05, 3.63) is 17.8 Å². The summed E-state index contributed by atoms with van der Waals surface area (Å²) in [6, 6.07) is 1.60. The van der Waals surface area contributed by atoms with Crippen LogP contribution in [-0.2, 0) is 0 Å². The fraction of sp³-hybridized carbons (Fsp3) is 0.500. The average Bonchev–Trinajstić information content (AvgIpc) is 2.90. The quantitative estimate of drug-likeness (QED) is 0.822. The number of halogens is 3. The minimum Gasteiger partial charge on any atom is -0.396 e. The number of aryl methyl sites for hydroxylation is 1. The lowest BCUT2D eigenvalue weighted by Crippen LogP contribution is -2.39. The molecule has 3 nitrogen and oxygen atoms in total. The Morgan fingerprint density at radius 1 is 1.44 bits per heavy atom. The second kappa shape index (κ2) is 3.26. The second-order valence-electron chi connectivity index (χ2n) is 4.16. The van der Waals surface area contributed by atoms with Gasteiger partial charge >= 0.3 is 6.18 Å². The van der Waals surface area contributed by atoms with Crippen LogP contribution >= 0.6 is 0 Å². The maximum Gasteiger partial charge on any atom is 0.411 e. The van der Waals surface area contributed by atoms with E-state index in [1.54, 1.807) is 13.0 Å². The van der Waals surface area contributed by atoms with Crippen molar-refractivity contribution in [2.45, 2.75) is 31.5 Å². The first kappa shape index (κ1) is 11.0. The molecule has 16 heavy (non-hydrogen) atoms. The van der Waals surface area contributed by atoms with Crippen LogP contribution in [0.4, 0.5) is 24.7 Å². The molecule has 2 rings (SSSR count). The van der Waals surface area contributed by atoms with E-state index in [0.29, 0.717) is 0 Å². The fourth-order valence-corrected chi connectivity index (χ4v) is 1.53. The van der Waals surface area contributed by atoms with Crippen LogP contribution in [0.5, 0.6) is 0 Å². The highest BCUT2D eigenvalue weighted by molar-refractivity contribution is 5.63. The Hall–Kier alpha value is -1.46. The number of aromatic nitrogens is 1. The van der Waals surface area contributed by atoms with Gasteiger partial charge in [-0.25, -0.2) is 4.98 Å². The summed E-state index contributed by atoms with van der Waals surface area (Å²) in [7, 11) is 0. The van der Waals surface area contributed by atoms with Gasteiger partial charge in [-0.3, -0.25) is 0 Å². The molecule has 1 aliphatic carbocycles. The van der Waals surface area contributed by atoms with Crippen LogP contribution in [0.1, 0.15) is 18.4 Å². The average molecular weight is 231 g/mol. The zero-order valence-electron chi connectivity index (χ0n) is 8.73. The number of anilines is 2. The number of nitrogens with two attached hydrogens (primary N) is 1. The molecule has 0 spiro atoms. The maximum absolute atomic E-state index is 12.7. The van der Waals surface area contributed by atoms with Crippen LogP contribution in [0, 0.1) is 6.92 Å². The van der Waals surface area contributed by atoms with E-state index >= 15 is 0 Å². The molecule has 0 aromatic carbocycles. The van der Waals surface area contributed by atoms with Crippen LogP contribution < -0.4 is 11.1 Å². The summed E-state index contributed by atoms with van der Waals surface area (Å²) >= 11 is 0. The van der Waals surface area contributed by atoms with E-state index in [1.807, 2.05) is 0 Å². The molecule has 88 valence electrons. The Kier molecular flexibility index (Phi) is 2.25. The molecule has 0 atom stereocenters. The predicted octanol–water partition coefficient (Wildman–Crippen LogP) is 2.48. The van der Waals surface area contributed by atoms with Crippen molar-refractivity contribution in [3.8, 4) is 0 Å². The summed E-state index contributed by atoms with van der Waals surface area (Å²) in [6.45, 7) is 1.78. The number of rotatable bonds is 2. The number of hydrogen-bond acceptors (Lipinski definition) is 3. The summed E-state index contributed by atoms with van der Waals surface area (Å²) in [5, 5.41) is 2.40. The molecule has 0 unspecified atom stereocenters. The van der Waals surface area contributed by atoms with Crippen molar-refractivity contribution >= 4 is 11.5 Å². The van der Waals surface area contributed by atoms with Gasteiger partial charge in [0.2, 0.25) is 0 Å². The predicted molar refractivity (Wildman–Crippen MR) is 55.0 cm³/mol. The van der Waals surface area contributed by atoms with Crippen molar-refractivity contribution in [2.75, 3.05) is 11.1 Å². The summed E-state index contributed by atoms with van der Waals surface area (Å²) < 4.78 is 38.0. The highest BCUT2D eigenvalue weighted by atomic mass is 19.4. The van der Waals surface area contributed by atoms with Gasteiger partial charge in [0.25, 0.3) is 0 Å². The zero-order valence-corrected chi connectivity index (χ0v) is 8.73. The third-order valence-corrected chi connectivity index (χ3v) is 2.70. The molecule has 3 N–H and O–H groups in total. The minimum atomic E-state index is -4.26. The van der Waals surface area contributed by atoms with Gasteiger partial charge in [0.05, 0.1) is 5.69 Å². The standard InChI is InChI=1S/C10H12F3N3/c1-6-4-7(14)8(15-5-6)16-9(2-3-9)10(11,12)13/h4-5H,2-3,14H2,1H3,(H,15,16). The van der Waals surface area contributed by atoms with Gasteiger partial charge in [-0.2, -0.15) is 13.2 Å². The SMILES string of the molecule is Cc1cnc(NC2(C(F)(F)F)CC2)c(N)c1. The summed E-state index contributed by atoms with van der Waals surface area (Å²) in [5.74, 6) is 0.112. The van der Waals surface area contributed by atoms with E-state index in [9.17, 15) is 13.2 Å². The van der Waals surface area contributed by atoms with Gasteiger partial charge < -0.3 is 11.1 Å². The zero-order chi connectivity index (χ0) is 12.0. The van der Waals surface area contributed by atoms with E-state index in [2.05, 4.69) is 10.3 Å². The van der Waals surface area contributed by atoms with Crippen molar-refractivity contribution in [1.29, 1.82) is 0 Å². The monoisotopic (exact) mass is 231 g/mol. The fourth-order valence-electron chi connectivity index (χ4n) is 1.53. The lowest BCUT2D eigenvalue weighted by Gasteiger charge is -2.22. The van der Waals surface area contributed by atoms with Crippen LogP contribution in [0.3, 0.4) is 0 Å². The normalized spacial score (nSPS) is 18.2. The number of alkyl halides is 3. The largest absolute Gasteiger partial charge is 0.411 e. The highest BCUT2D eigenvalue weighted by Crippen LogP contribution is 2.51. The van der Waals surface area contributed by atoms with Crippen LogP contribution in [-0.4, -0.2) is 16.7 Å². The summed E-state index contributed by atoms with van der Waals surface area (Å²) in [6.07, 6.45) is -2.62. The minimum absolute atomic E-state index is 0.0749. The molecule has 1 heterocycles. The second-order valence-corrected chi connectivity index (χ2v) is 4.16. The van der Waals surface area contributed by atoms with E-state index in [0.717, 1.165) is 5.56 Å². The number of nitrogens with zero attached hydrogens (tertiary/aromatic N) is 1. The Labute approximate surface area is 90.9 Å². The van der Waals surface area contributed by atoms with Crippen molar-refractivity contribution in [1.82, 2.24) is 4.98 Å². The molecule has 0 saturated heterocycles. The van der Waals surface area contributed by atoms with Gasteiger partial charge in [-0.1, -0.05) is 0 Å². The van der Waals surface area contributed by atoms with Crippen LogP contribution in [0.25, 0.3) is 0 Å². The van der Waals surface area contributed by atoms with Crippen molar-refractivity contribution < 1.29 is 13.2 Å². The molecule has 1 fully saturated rings. The maximum atomic E-state index is 12.7. The molecule has 6 heteroatoms. The van der Waals surface area contributed by atoms with Gasteiger partial charge in [0.15, 0.2) is 0 Å². The van der Waals surface area contributed by atoms with Crippen molar-refractivity contribution in [2.24, 2.45) is 0 Å². The van der Waals surface area contributed by atoms with Gasteiger partial charge in [-0.15, -0.1) is 0 Å². The Bertz CT molecular complexity index is 410. The lowest BCUT2D eigenvalue weighted by atomic mass is 10.2. The number of pyridine rings is 1. The smallest absolute Gasteiger partial charge is 0.396 e. The summed E-state index contributed by atoms with van der Waals surface area (Å²) in [5.41, 5.74) is 4.86. The van der Waals surface area contributed by atoms with Crippen molar-refractivity contribution in [3.63, 3.8) is 0 Å². The Balaban J connectivity index is 2.22. The molecule has 0 bridgehead atoms. The van der Waals surface area contributed by atoms with E-state index in [-0.39, 0.29) is 24.3 Å². The molecule has 0 aliphatic heterocycles. The molecule has 1 aromatic heterocycles. The first-order valence-electron chi connectivity index (χ1n) is 4.91. The third-order valence-electron chi connectivity index (χ3n) is 2.70. The van der Waals surface area contributed by atoms with Crippen LogP contribution in [0.15, 0.2) is 12.3 Å². The molecule has 1 aliphatic rings. The Morgan fingerprint density at radius 2 is 2.06 bits per heavy atom. The number of nitrogens with one attached hydrogen (secondary N) is 1. The van der Waals surface area contributed by atoms with Crippen LogP contribution in [0.2, 0.25) is 0 Å². The lowest BCUT2D eigenvalue weighted by molar-refractivity contribution is -0.151. The highest BCUT2D eigenvalue weighted by Gasteiger charge is 2.63. The van der Waals surface area contributed by atoms with Gasteiger partial charge in [0, 0.05) is 6.20 Å². The number of nitrogen functional groups attached to an aromatic ring is 1. The molecule has 1 saturated carbocycles. The molecular weight excluding hydrogens is 219 g/mol. The van der Waals surface area contributed by atoms with E-state index < -0.39 is 11.7 Å². The third kappa shape index (κ3) is 1.79. The van der Waals surface area contributed by atoms with E-state index in [4.69, 9.17) is 5.73 Å². The molecule has 1 aromatic rings. The van der Waals surface area contributed by atoms with Gasteiger partial charge in [0.1, 0.15) is 11.4 Å². The first-order chi connectivity index (χ1) is 7.34. The first-order valence-corrected chi connectivity index (χ1v) is 4.91. The number of hydrogen-bond donors (Lipinski definition) is 2. The molecule has 0 radical (unpaired) electrons. The summed E-state index contributed by atoms with van der Waals surface area (Å²) in [4.78, 5) is 3.88. The van der Waals surface area contributed by atoms with E-state index in [1.165, 1.54) is 6.20 Å². The van der Waals surface area contributed by atoms with Gasteiger partial charge in [-0.05, 0) is 31.4 Å². The molecular formula is C10H12F3N3. The Morgan fingerprint density at radius 3 is 2.50 bits per heavy atom.